The summed E-state index contributed by atoms with van der Waals surface area (Å²) in [6, 6.07) is 12.2. The Kier molecular flexibility index (Phi) is 5.89. The molecule has 24 heavy (non-hydrogen) atoms. The van der Waals surface area contributed by atoms with E-state index in [1.165, 1.54) is 6.07 Å². The number of hydrogen-bond acceptors (Lipinski definition) is 4. The summed E-state index contributed by atoms with van der Waals surface area (Å²) in [5.74, 6) is 0.546. The maximum atomic E-state index is 12.0. The summed E-state index contributed by atoms with van der Waals surface area (Å²) in [7, 11) is 1.61. The summed E-state index contributed by atoms with van der Waals surface area (Å²) in [5.41, 5.74) is 2.52. The molecule has 0 atom stereocenters. The minimum atomic E-state index is -0.472. The third-order valence-corrected chi connectivity index (χ3v) is 3.69. The highest BCUT2D eigenvalue weighted by Crippen LogP contribution is 2.20. The molecule has 2 rings (SSSR count). The Hall–Kier alpha value is -2.89. The van der Waals surface area contributed by atoms with Crippen LogP contribution in [0.4, 0.5) is 5.69 Å². The van der Waals surface area contributed by atoms with Gasteiger partial charge < -0.3 is 10.1 Å². The Morgan fingerprint density at radius 1 is 1.21 bits per heavy atom. The number of nitrogens with zero attached hydrogens (tertiary/aromatic N) is 1. The Balaban J connectivity index is 1.93. The molecule has 0 bridgehead atoms. The number of benzene rings is 2. The lowest BCUT2D eigenvalue weighted by Crippen LogP contribution is -2.27. The molecule has 1 N–H and O–H groups in total. The zero-order valence-electron chi connectivity index (χ0n) is 13.7. The van der Waals surface area contributed by atoms with Crippen molar-refractivity contribution in [1.29, 1.82) is 0 Å². The summed E-state index contributed by atoms with van der Waals surface area (Å²) in [6.07, 6.45) is 0.621. The van der Waals surface area contributed by atoms with Crippen molar-refractivity contribution in [2.75, 3.05) is 13.7 Å². The normalized spacial score (nSPS) is 10.2. The number of ether oxygens (including phenoxy) is 1. The predicted molar refractivity (Wildman–Crippen MR) is 91.2 cm³/mol. The van der Waals surface area contributed by atoms with Gasteiger partial charge in [-0.2, -0.15) is 0 Å². The summed E-state index contributed by atoms with van der Waals surface area (Å²) in [5, 5.41) is 13.8. The molecule has 0 heterocycles. The van der Waals surface area contributed by atoms with E-state index in [9.17, 15) is 14.9 Å². The quantitative estimate of drug-likeness (QED) is 0.626. The maximum Gasteiger partial charge on any atom is 0.273 e. The molecule has 2 aromatic carbocycles. The van der Waals surface area contributed by atoms with Crippen molar-refractivity contribution in [2.45, 2.75) is 19.8 Å². The van der Waals surface area contributed by atoms with Crippen LogP contribution in [0.25, 0.3) is 0 Å². The van der Waals surface area contributed by atoms with Crippen LogP contribution in [0.5, 0.6) is 5.75 Å². The zero-order valence-corrected chi connectivity index (χ0v) is 13.7. The van der Waals surface area contributed by atoms with Gasteiger partial charge in [-0.3, -0.25) is 14.9 Å². The fourth-order valence-electron chi connectivity index (χ4n) is 2.51. The van der Waals surface area contributed by atoms with Crippen molar-refractivity contribution in [3.05, 3.63) is 69.3 Å². The van der Waals surface area contributed by atoms with E-state index < -0.39 is 4.92 Å². The minimum absolute atomic E-state index is 0.0118. The summed E-state index contributed by atoms with van der Waals surface area (Å²) >= 11 is 0. The second kappa shape index (κ2) is 8.10. The highest BCUT2D eigenvalue weighted by atomic mass is 16.6. The second-order valence-corrected chi connectivity index (χ2v) is 5.48. The smallest absolute Gasteiger partial charge is 0.273 e. The van der Waals surface area contributed by atoms with Crippen molar-refractivity contribution in [3.8, 4) is 5.75 Å². The van der Waals surface area contributed by atoms with Crippen LogP contribution in [0.1, 0.15) is 16.7 Å². The number of nitrogens with one attached hydrogen (secondary N) is 1. The molecule has 0 spiro atoms. The van der Waals surface area contributed by atoms with Crippen molar-refractivity contribution in [1.82, 2.24) is 5.32 Å². The first-order valence-electron chi connectivity index (χ1n) is 7.63. The molecule has 1 amide bonds. The average molecular weight is 328 g/mol. The zero-order chi connectivity index (χ0) is 17.5. The van der Waals surface area contributed by atoms with E-state index in [0.29, 0.717) is 18.5 Å². The Bertz CT molecular complexity index is 744. The molecule has 0 aliphatic carbocycles. The van der Waals surface area contributed by atoms with Crippen molar-refractivity contribution in [2.24, 2.45) is 0 Å². The summed E-state index contributed by atoms with van der Waals surface area (Å²) < 4.78 is 5.31. The van der Waals surface area contributed by atoms with Crippen LogP contribution in [0.2, 0.25) is 0 Å². The molecule has 0 aliphatic heterocycles. The maximum absolute atomic E-state index is 12.0. The van der Waals surface area contributed by atoms with Crippen LogP contribution >= 0.6 is 0 Å². The summed E-state index contributed by atoms with van der Waals surface area (Å²) in [4.78, 5) is 22.5. The molecule has 0 unspecified atom stereocenters. The number of methoxy groups -OCH3 is 1. The van der Waals surface area contributed by atoms with Gasteiger partial charge in [0.05, 0.1) is 18.5 Å². The van der Waals surface area contributed by atoms with Crippen molar-refractivity contribution in [3.63, 3.8) is 0 Å². The SMILES string of the molecule is COc1ccc(C)cc1CCNC(=O)Cc1ccccc1[N+](=O)[O-]. The number of aryl methyl sites for hydroxylation is 1. The van der Waals surface area contributed by atoms with Crippen LogP contribution < -0.4 is 10.1 Å². The lowest BCUT2D eigenvalue weighted by molar-refractivity contribution is -0.385. The number of nitro benzene ring substituents is 1. The predicted octanol–water partition coefficient (Wildman–Crippen LogP) is 2.81. The Labute approximate surface area is 140 Å². The number of hydrogen-bond donors (Lipinski definition) is 1. The van der Waals surface area contributed by atoms with E-state index in [2.05, 4.69) is 5.32 Å². The fourth-order valence-corrected chi connectivity index (χ4v) is 2.51. The molecule has 0 fully saturated rings. The van der Waals surface area contributed by atoms with Crippen LogP contribution in [0, 0.1) is 17.0 Å². The topological polar surface area (TPSA) is 81.5 Å². The molecule has 0 saturated heterocycles. The molecular formula is C18H20N2O4. The molecule has 0 radical (unpaired) electrons. The molecular weight excluding hydrogens is 308 g/mol. The highest BCUT2D eigenvalue weighted by Gasteiger charge is 2.15. The second-order valence-electron chi connectivity index (χ2n) is 5.48. The van der Waals surface area contributed by atoms with Crippen LogP contribution in [-0.2, 0) is 17.6 Å². The molecule has 6 nitrogen and oxygen atoms in total. The number of amides is 1. The summed E-state index contributed by atoms with van der Waals surface area (Å²) in [6.45, 7) is 2.44. The first-order valence-corrected chi connectivity index (χ1v) is 7.63. The largest absolute Gasteiger partial charge is 0.496 e. The van der Waals surface area contributed by atoms with Crippen molar-refractivity contribution < 1.29 is 14.5 Å². The van der Waals surface area contributed by atoms with Crippen LogP contribution in [0.3, 0.4) is 0 Å². The standard InChI is InChI=1S/C18H20N2O4/c1-13-7-8-17(24-2)15(11-13)9-10-19-18(21)12-14-5-3-4-6-16(14)20(22)23/h3-8,11H,9-10,12H2,1-2H3,(H,19,21). The van der Waals surface area contributed by atoms with Gasteiger partial charge in [0.15, 0.2) is 0 Å². The number of para-hydroxylation sites is 1. The molecule has 0 aromatic heterocycles. The Morgan fingerprint density at radius 2 is 1.96 bits per heavy atom. The van der Waals surface area contributed by atoms with Gasteiger partial charge in [0.2, 0.25) is 5.91 Å². The van der Waals surface area contributed by atoms with E-state index in [-0.39, 0.29) is 18.0 Å². The van der Waals surface area contributed by atoms with E-state index in [0.717, 1.165) is 16.9 Å². The van der Waals surface area contributed by atoms with Gasteiger partial charge in [-0.15, -0.1) is 0 Å². The van der Waals surface area contributed by atoms with Gasteiger partial charge >= 0.3 is 0 Å². The van der Waals surface area contributed by atoms with Crippen LogP contribution in [-0.4, -0.2) is 24.5 Å². The van der Waals surface area contributed by atoms with Gasteiger partial charge in [0, 0.05) is 18.2 Å². The van der Waals surface area contributed by atoms with E-state index in [4.69, 9.17) is 4.74 Å². The van der Waals surface area contributed by atoms with E-state index >= 15 is 0 Å². The lowest BCUT2D eigenvalue weighted by atomic mass is 10.1. The number of rotatable bonds is 7. The molecule has 126 valence electrons. The molecule has 6 heteroatoms. The Morgan fingerprint density at radius 3 is 2.67 bits per heavy atom. The number of nitro groups is 1. The average Bonchev–Trinajstić information content (AvgIpc) is 2.55. The number of carbonyl (C=O) groups is 1. The van der Waals surface area contributed by atoms with Crippen molar-refractivity contribution >= 4 is 11.6 Å². The van der Waals surface area contributed by atoms with Gasteiger partial charge in [0.1, 0.15) is 5.75 Å². The first kappa shape index (κ1) is 17.5. The lowest BCUT2D eigenvalue weighted by Gasteiger charge is -2.10. The first-order chi connectivity index (χ1) is 11.5. The third-order valence-electron chi connectivity index (χ3n) is 3.69. The van der Waals surface area contributed by atoms with Gasteiger partial charge in [-0.25, -0.2) is 0 Å². The van der Waals surface area contributed by atoms with E-state index in [1.807, 2.05) is 25.1 Å². The van der Waals surface area contributed by atoms with E-state index in [1.54, 1.807) is 25.3 Å². The molecule has 2 aromatic rings. The minimum Gasteiger partial charge on any atom is -0.496 e. The van der Waals surface area contributed by atoms with Gasteiger partial charge in [-0.1, -0.05) is 35.9 Å². The van der Waals surface area contributed by atoms with Crippen LogP contribution in [0.15, 0.2) is 42.5 Å². The van der Waals surface area contributed by atoms with Gasteiger partial charge in [-0.05, 0) is 25.0 Å². The molecule has 0 saturated carbocycles. The fraction of sp³-hybridized carbons (Fsp3) is 0.278. The number of carbonyl (C=O) groups excluding carboxylic acids is 1. The highest BCUT2D eigenvalue weighted by molar-refractivity contribution is 5.79. The van der Waals surface area contributed by atoms with Gasteiger partial charge in [0.25, 0.3) is 5.69 Å². The monoisotopic (exact) mass is 328 g/mol. The molecule has 0 aliphatic rings. The third kappa shape index (κ3) is 4.55.